The molecule has 0 fully saturated rings. The highest BCUT2D eigenvalue weighted by Gasteiger charge is 2.14. The molecule has 0 unspecified atom stereocenters. The number of benzene rings is 2. The number of fused-ring (bicyclic) bond motifs is 1. The molecule has 130 valence electrons. The van der Waals surface area contributed by atoms with E-state index in [1.807, 2.05) is 0 Å². The second kappa shape index (κ2) is 6.34. The van der Waals surface area contributed by atoms with Crippen molar-refractivity contribution in [1.82, 2.24) is 19.3 Å². The molecular formula is C18H11ClF2N4O. The predicted octanol–water partition coefficient (Wildman–Crippen LogP) is 3.56. The Kier molecular flexibility index (Phi) is 4.00. The second-order valence-electron chi connectivity index (χ2n) is 5.65. The molecule has 0 saturated carbocycles. The van der Waals surface area contributed by atoms with Crippen LogP contribution in [0.15, 0.2) is 59.8 Å². The molecule has 5 nitrogen and oxygen atoms in total. The van der Waals surface area contributed by atoms with E-state index in [9.17, 15) is 13.6 Å². The fourth-order valence-corrected chi connectivity index (χ4v) is 2.91. The molecule has 2 heterocycles. The van der Waals surface area contributed by atoms with Crippen molar-refractivity contribution in [1.29, 1.82) is 0 Å². The zero-order valence-electron chi connectivity index (χ0n) is 13.2. The topological polar surface area (TPSA) is 52.7 Å². The van der Waals surface area contributed by atoms with Crippen LogP contribution in [-0.2, 0) is 6.54 Å². The molecule has 0 amide bonds. The highest BCUT2D eigenvalue weighted by Crippen LogP contribution is 2.20. The number of hydrogen-bond donors (Lipinski definition) is 0. The van der Waals surface area contributed by atoms with Gasteiger partial charge < -0.3 is 0 Å². The van der Waals surface area contributed by atoms with Crippen molar-refractivity contribution in [2.45, 2.75) is 6.54 Å². The van der Waals surface area contributed by atoms with Crippen molar-refractivity contribution in [3.63, 3.8) is 0 Å². The van der Waals surface area contributed by atoms with E-state index in [-0.39, 0.29) is 33.9 Å². The van der Waals surface area contributed by atoms with E-state index in [4.69, 9.17) is 11.6 Å². The summed E-state index contributed by atoms with van der Waals surface area (Å²) in [5, 5.41) is 4.66. The molecule has 0 N–H and O–H groups in total. The number of aromatic nitrogens is 4. The predicted molar refractivity (Wildman–Crippen MR) is 93.6 cm³/mol. The van der Waals surface area contributed by atoms with Gasteiger partial charge in [-0.1, -0.05) is 17.7 Å². The Morgan fingerprint density at radius 1 is 1.08 bits per heavy atom. The molecule has 0 spiro atoms. The van der Waals surface area contributed by atoms with Crippen LogP contribution >= 0.6 is 11.6 Å². The molecule has 0 aliphatic carbocycles. The fourth-order valence-electron chi connectivity index (χ4n) is 2.69. The van der Waals surface area contributed by atoms with Crippen LogP contribution in [0.4, 0.5) is 8.78 Å². The minimum atomic E-state index is -0.494. The second-order valence-corrected chi connectivity index (χ2v) is 6.06. The third-order valence-electron chi connectivity index (χ3n) is 4.02. The van der Waals surface area contributed by atoms with Gasteiger partial charge in [0.15, 0.2) is 5.65 Å². The molecule has 2 aromatic carbocycles. The summed E-state index contributed by atoms with van der Waals surface area (Å²) in [6, 6.07) is 10.0. The van der Waals surface area contributed by atoms with Crippen molar-refractivity contribution in [3.8, 4) is 5.69 Å². The van der Waals surface area contributed by atoms with Crippen LogP contribution < -0.4 is 5.56 Å². The normalized spacial score (nSPS) is 11.2. The van der Waals surface area contributed by atoms with Crippen LogP contribution in [0.3, 0.4) is 0 Å². The Balaban J connectivity index is 1.79. The highest BCUT2D eigenvalue weighted by molar-refractivity contribution is 6.31. The SMILES string of the molecule is O=c1c2cnn(-c3ccc(F)cc3)c2ncn1Cc1c(F)cccc1Cl. The molecule has 0 bridgehead atoms. The van der Waals surface area contributed by atoms with Crippen LogP contribution in [0.5, 0.6) is 0 Å². The molecule has 4 rings (SSSR count). The maximum atomic E-state index is 14.0. The Hall–Kier alpha value is -3.06. The maximum Gasteiger partial charge on any atom is 0.264 e. The molecule has 4 aromatic rings. The summed E-state index contributed by atoms with van der Waals surface area (Å²) >= 11 is 6.02. The van der Waals surface area contributed by atoms with E-state index in [1.165, 1.54) is 58.2 Å². The molecule has 0 aliphatic heterocycles. The molecule has 0 aliphatic rings. The zero-order valence-corrected chi connectivity index (χ0v) is 14.0. The minimum Gasteiger partial charge on any atom is -0.294 e. The summed E-state index contributed by atoms with van der Waals surface area (Å²) < 4.78 is 29.8. The van der Waals surface area contributed by atoms with Gasteiger partial charge in [-0.2, -0.15) is 5.10 Å². The van der Waals surface area contributed by atoms with Crippen molar-refractivity contribution in [2.75, 3.05) is 0 Å². The van der Waals surface area contributed by atoms with E-state index in [2.05, 4.69) is 10.1 Å². The standard InChI is InChI=1S/C18H11ClF2N4O/c19-15-2-1-3-16(21)14(15)9-24-10-22-17-13(18(24)26)8-23-25(17)12-6-4-11(20)5-7-12/h1-8,10H,9H2. The third-order valence-corrected chi connectivity index (χ3v) is 4.37. The van der Waals surface area contributed by atoms with Gasteiger partial charge >= 0.3 is 0 Å². The number of rotatable bonds is 3. The largest absolute Gasteiger partial charge is 0.294 e. The Morgan fingerprint density at radius 2 is 1.85 bits per heavy atom. The smallest absolute Gasteiger partial charge is 0.264 e. The summed E-state index contributed by atoms with van der Waals surface area (Å²) in [6.07, 6.45) is 2.70. The van der Waals surface area contributed by atoms with Gasteiger partial charge in [0, 0.05) is 10.6 Å². The molecule has 0 radical (unpaired) electrons. The molecule has 0 saturated heterocycles. The molecular weight excluding hydrogens is 362 g/mol. The van der Waals surface area contributed by atoms with Gasteiger partial charge in [-0.05, 0) is 36.4 Å². The Morgan fingerprint density at radius 3 is 2.58 bits per heavy atom. The number of halogens is 3. The van der Waals surface area contributed by atoms with E-state index >= 15 is 0 Å². The Bertz CT molecular complexity index is 1150. The number of nitrogens with zero attached hydrogens (tertiary/aromatic N) is 4. The highest BCUT2D eigenvalue weighted by atomic mass is 35.5. The van der Waals surface area contributed by atoms with Gasteiger partial charge in [0.2, 0.25) is 0 Å². The van der Waals surface area contributed by atoms with E-state index in [1.54, 1.807) is 6.07 Å². The molecule has 2 aromatic heterocycles. The first-order valence-corrected chi connectivity index (χ1v) is 8.04. The monoisotopic (exact) mass is 372 g/mol. The van der Waals surface area contributed by atoms with Gasteiger partial charge in [0.05, 0.1) is 18.4 Å². The average Bonchev–Trinajstić information content (AvgIpc) is 3.05. The lowest BCUT2D eigenvalue weighted by atomic mass is 10.2. The lowest BCUT2D eigenvalue weighted by Gasteiger charge is -2.09. The van der Waals surface area contributed by atoms with Crippen LogP contribution in [0.25, 0.3) is 16.7 Å². The lowest BCUT2D eigenvalue weighted by Crippen LogP contribution is -2.21. The van der Waals surface area contributed by atoms with E-state index in [0.29, 0.717) is 11.3 Å². The van der Waals surface area contributed by atoms with Gasteiger partial charge in [0.1, 0.15) is 23.3 Å². The first-order chi connectivity index (χ1) is 12.5. The van der Waals surface area contributed by atoms with Crippen LogP contribution in [0, 0.1) is 11.6 Å². The minimum absolute atomic E-state index is 0.0466. The fraction of sp³-hybridized carbons (Fsp3) is 0.0556. The van der Waals surface area contributed by atoms with Crippen LogP contribution in [-0.4, -0.2) is 19.3 Å². The first-order valence-electron chi connectivity index (χ1n) is 7.66. The van der Waals surface area contributed by atoms with Crippen molar-refractivity contribution in [3.05, 3.63) is 87.6 Å². The summed E-state index contributed by atoms with van der Waals surface area (Å²) in [5.41, 5.74) is 0.742. The van der Waals surface area contributed by atoms with E-state index in [0.717, 1.165) is 0 Å². The summed E-state index contributed by atoms with van der Waals surface area (Å²) in [7, 11) is 0. The average molecular weight is 373 g/mol. The first kappa shape index (κ1) is 16.4. The molecule has 26 heavy (non-hydrogen) atoms. The van der Waals surface area contributed by atoms with Crippen LogP contribution in [0.1, 0.15) is 5.56 Å². The third kappa shape index (κ3) is 2.76. The zero-order chi connectivity index (χ0) is 18.3. The van der Waals surface area contributed by atoms with E-state index < -0.39 is 5.82 Å². The summed E-state index contributed by atoms with van der Waals surface area (Å²) in [6.45, 7) is -0.0466. The molecule has 0 atom stereocenters. The lowest BCUT2D eigenvalue weighted by molar-refractivity contribution is 0.595. The van der Waals surface area contributed by atoms with Gasteiger partial charge in [-0.25, -0.2) is 18.4 Å². The van der Waals surface area contributed by atoms with Crippen LogP contribution in [0.2, 0.25) is 5.02 Å². The van der Waals surface area contributed by atoms with Crippen molar-refractivity contribution < 1.29 is 8.78 Å². The van der Waals surface area contributed by atoms with Gasteiger partial charge in [-0.15, -0.1) is 0 Å². The van der Waals surface area contributed by atoms with Crippen molar-refractivity contribution in [2.24, 2.45) is 0 Å². The summed E-state index contributed by atoms with van der Waals surface area (Å²) in [5.74, 6) is -0.867. The summed E-state index contributed by atoms with van der Waals surface area (Å²) in [4.78, 5) is 17.0. The van der Waals surface area contributed by atoms with Crippen molar-refractivity contribution >= 4 is 22.6 Å². The quantitative estimate of drug-likeness (QED) is 0.552. The Labute approximate surface area is 151 Å². The van der Waals surface area contributed by atoms with Gasteiger partial charge in [0.25, 0.3) is 5.56 Å². The number of hydrogen-bond acceptors (Lipinski definition) is 3. The molecule has 8 heteroatoms. The maximum absolute atomic E-state index is 14.0. The van der Waals surface area contributed by atoms with Gasteiger partial charge in [-0.3, -0.25) is 9.36 Å².